The Hall–Kier alpha value is -2.54. The number of anilines is 1. The Labute approximate surface area is 171 Å². The van der Waals surface area contributed by atoms with Crippen molar-refractivity contribution < 1.29 is 14.3 Å². The summed E-state index contributed by atoms with van der Waals surface area (Å²) >= 11 is 12.4. The molecule has 2 heterocycles. The van der Waals surface area contributed by atoms with E-state index in [2.05, 4.69) is 15.5 Å². The van der Waals surface area contributed by atoms with Crippen molar-refractivity contribution in [1.82, 2.24) is 10.2 Å². The lowest BCUT2D eigenvalue weighted by atomic mass is 10.1. The maximum atomic E-state index is 12.9. The summed E-state index contributed by atoms with van der Waals surface area (Å²) in [5.41, 5.74) is 3.01. The number of hydrogen-bond donors (Lipinski definition) is 2. The van der Waals surface area contributed by atoms with E-state index in [1.54, 1.807) is 6.07 Å². The standard InChI is InChI=1S/C20H17Cl2N3O3/c21-13-8-14(18(16(22)9-13)28-10-12-4-2-1-3-5-12)20(26)23-19-15-11-27-7-6-17(15)24-25-19/h1-5,8-9H,6-7,10-11H2,(H2,23,24,25,26). The van der Waals surface area contributed by atoms with Crippen LogP contribution >= 0.6 is 23.2 Å². The molecule has 0 atom stereocenters. The van der Waals surface area contributed by atoms with E-state index in [0.29, 0.717) is 24.1 Å². The number of carbonyl (C=O) groups excluding carboxylic acids is 1. The van der Waals surface area contributed by atoms with E-state index in [1.165, 1.54) is 6.07 Å². The second-order valence-corrected chi connectivity index (χ2v) is 7.17. The summed E-state index contributed by atoms with van der Waals surface area (Å²) in [6, 6.07) is 12.7. The summed E-state index contributed by atoms with van der Waals surface area (Å²) in [7, 11) is 0. The monoisotopic (exact) mass is 417 g/mol. The van der Waals surface area contributed by atoms with Gasteiger partial charge in [-0.2, -0.15) is 5.10 Å². The van der Waals surface area contributed by atoms with Crippen molar-refractivity contribution in [2.24, 2.45) is 0 Å². The first-order chi connectivity index (χ1) is 13.6. The van der Waals surface area contributed by atoms with Gasteiger partial charge in [0.15, 0.2) is 11.6 Å². The highest BCUT2D eigenvalue weighted by molar-refractivity contribution is 6.36. The number of rotatable bonds is 5. The van der Waals surface area contributed by atoms with Crippen LogP contribution in [0, 0.1) is 0 Å². The third-order valence-electron chi connectivity index (χ3n) is 4.41. The zero-order valence-corrected chi connectivity index (χ0v) is 16.3. The number of nitrogens with one attached hydrogen (secondary N) is 2. The first-order valence-electron chi connectivity index (χ1n) is 8.73. The lowest BCUT2D eigenvalue weighted by molar-refractivity contribution is 0.101. The van der Waals surface area contributed by atoms with E-state index >= 15 is 0 Å². The quantitative estimate of drug-likeness (QED) is 0.634. The van der Waals surface area contributed by atoms with Gasteiger partial charge in [-0.15, -0.1) is 0 Å². The van der Waals surface area contributed by atoms with Gasteiger partial charge >= 0.3 is 0 Å². The molecule has 6 nitrogen and oxygen atoms in total. The molecule has 0 saturated heterocycles. The van der Waals surface area contributed by atoms with E-state index in [4.69, 9.17) is 32.7 Å². The minimum Gasteiger partial charge on any atom is -0.486 e. The molecule has 28 heavy (non-hydrogen) atoms. The molecular formula is C20H17Cl2N3O3. The number of nitrogens with zero attached hydrogens (tertiary/aromatic N) is 1. The largest absolute Gasteiger partial charge is 0.486 e. The van der Waals surface area contributed by atoms with Gasteiger partial charge in [-0.1, -0.05) is 53.5 Å². The second-order valence-electron chi connectivity index (χ2n) is 6.32. The van der Waals surface area contributed by atoms with E-state index in [-0.39, 0.29) is 22.9 Å². The van der Waals surface area contributed by atoms with Gasteiger partial charge in [0.2, 0.25) is 0 Å². The molecule has 0 fully saturated rings. The van der Waals surface area contributed by atoms with Gasteiger partial charge in [-0.05, 0) is 17.7 Å². The molecule has 8 heteroatoms. The van der Waals surface area contributed by atoms with Crippen LogP contribution in [0.25, 0.3) is 0 Å². The van der Waals surface area contributed by atoms with Gasteiger partial charge in [-0.3, -0.25) is 9.89 Å². The molecule has 2 aromatic carbocycles. The highest BCUT2D eigenvalue weighted by atomic mass is 35.5. The molecule has 0 radical (unpaired) electrons. The minimum atomic E-state index is -0.410. The molecule has 0 aliphatic carbocycles. The van der Waals surface area contributed by atoms with E-state index < -0.39 is 5.91 Å². The predicted molar refractivity (Wildman–Crippen MR) is 107 cm³/mol. The maximum Gasteiger partial charge on any atom is 0.260 e. The summed E-state index contributed by atoms with van der Waals surface area (Å²) in [5, 5.41) is 10.5. The molecule has 1 aromatic heterocycles. The smallest absolute Gasteiger partial charge is 0.260 e. The van der Waals surface area contributed by atoms with Crippen LogP contribution < -0.4 is 10.1 Å². The lowest BCUT2D eigenvalue weighted by Crippen LogP contribution is -2.17. The van der Waals surface area contributed by atoms with Crippen molar-refractivity contribution >= 4 is 34.9 Å². The van der Waals surface area contributed by atoms with Crippen LogP contribution in [0.15, 0.2) is 42.5 Å². The fraction of sp³-hybridized carbons (Fsp3) is 0.200. The van der Waals surface area contributed by atoms with Crippen LogP contribution in [0.1, 0.15) is 27.2 Å². The fourth-order valence-corrected chi connectivity index (χ4v) is 3.54. The van der Waals surface area contributed by atoms with Crippen molar-refractivity contribution in [1.29, 1.82) is 0 Å². The number of fused-ring (bicyclic) bond motifs is 1. The fourth-order valence-electron chi connectivity index (χ4n) is 3.00. The molecule has 0 unspecified atom stereocenters. The number of ether oxygens (including phenoxy) is 2. The SMILES string of the molecule is O=C(Nc1n[nH]c2c1COCC2)c1cc(Cl)cc(Cl)c1OCc1ccccc1. The van der Waals surface area contributed by atoms with Gasteiger partial charge in [-0.25, -0.2) is 0 Å². The molecule has 144 valence electrons. The molecular weight excluding hydrogens is 401 g/mol. The second kappa shape index (κ2) is 8.22. The molecule has 1 aliphatic rings. The Kier molecular flexibility index (Phi) is 5.52. The third-order valence-corrected chi connectivity index (χ3v) is 4.91. The number of hydrogen-bond acceptors (Lipinski definition) is 4. The van der Waals surface area contributed by atoms with Crippen LogP contribution in [-0.2, 0) is 24.4 Å². The van der Waals surface area contributed by atoms with Crippen molar-refractivity contribution in [3.8, 4) is 5.75 Å². The molecule has 1 aliphatic heterocycles. The summed E-state index contributed by atoms with van der Waals surface area (Å²) in [5.74, 6) is 0.296. The molecule has 0 spiro atoms. The Balaban J connectivity index is 1.59. The average Bonchev–Trinajstić information content (AvgIpc) is 3.10. The lowest BCUT2D eigenvalue weighted by Gasteiger charge is -2.15. The summed E-state index contributed by atoms with van der Waals surface area (Å²) in [6.07, 6.45) is 0.729. The number of H-pyrrole nitrogens is 1. The maximum absolute atomic E-state index is 12.9. The van der Waals surface area contributed by atoms with Crippen LogP contribution in [0.4, 0.5) is 5.82 Å². The average molecular weight is 418 g/mol. The summed E-state index contributed by atoms with van der Waals surface area (Å²) in [4.78, 5) is 12.9. The number of halogens is 2. The third kappa shape index (κ3) is 3.99. The predicted octanol–water partition coefficient (Wildman–Crippen LogP) is 4.62. The number of carbonyl (C=O) groups is 1. The number of benzene rings is 2. The normalized spacial score (nSPS) is 13.1. The number of aromatic nitrogens is 2. The van der Waals surface area contributed by atoms with Crippen molar-refractivity contribution in [2.75, 3.05) is 11.9 Å². The number of aromatic amines is 1. The Bertz CT molecular complexity index is 1010. The molecule has 3 aromatic rings. The minimum absolute atomic E-state index is 0.238. The molecule has 0 bridgehead atoms. The first-order valence-corrected chi connectivity index (χ1v) is 9.48. The van der Waals surface area contributed by atoms with E-state index in [9.17, 15) is 4.79 Å². The molecule has 2 N–H and O–H groups in total. The highest BCUT2D eigenvalue weighted by Gasteiger charge is 2.22. The van der Waals surface area contributed by atoms with Crippen LogP contribution in [0.3, 0.4) is 0 Å². The zero-order valence-electron chi connectivity index (χ0n) is 14.8. The van der Waals surface area contributed by atoms with Crippen LogP contribution in [-0.4, -0.2) is 22.7 Å². The number of amides is 1. The molecule has 1 amide bonds. The van der Waals surface area contributed by atoms with Crippen molar-refractivity contribution in [3.05, 3.63) is 74.9 Å². The summed E-state index contributed by atoms with van der Waals surface area (Å²) < 4.78 is 11.3. The topological polar surface area (TPSA) is 76.2 Å². The van der Waals surface area contributed by atoms with Gasteiger partial charge in [0, 0.05) is 22.7 Å². The molecule has 4 rings (SSSR count). The van der Waals surface area contributed by atoms with Crippen molar-refractivity contribution in [3.63, 3.8) is 0 Å². The first kappa shape index (κ1) is 18.8. The highest BCUT2D eigenvalue weighted by Crippen LogP contribution is 2.34. The Morgan fingerprint density at radius 1 is 1.25 bits per heavy atom. The van der Waals surface area contributed by atoms with Gasteiger partial charge in [0.25, 0.3) is 5.91 Å². The summed E-state index contributed by atoms with van der Waals surface area (Å²) in [6.45, 7) is 1.30. The van der Waals surface area contributed by atoms with E-state index in [1.807, 2.05) is 30.3 Å². The van der Waals surface area contributed by atoms with Gasteiger partial charge in [0.05, 0.1) is 23.8 Å². The molecule has 0 saturated carbocycles. The van der Waals surface area contributed by atoms with Gasteiger partial charge in [0.1, 0.15) is 6.61 Å². The Morgan fingerprint density at radius 2 is 2.07 bits per heavy atom. The van der Waals surface area contributed by atoms with E-state index in [0.717, 1.165) is 23.2 Å². The van der Waals surface area contributed by atoms with Crippen LogP contribution in [0.2, 0.25) is 10.0 Å². The zero-order chi connectivity index (χ0) is 19.5. The van der Waals surface area contributed by atoms with Crippen molar-refractivity contribution in [2.45, 2.75) is 19.6 Å². The van der Waals surface area contributed by atoms with Crippen LogP contribution in [0.5, 0.6) is 5.75 Å². The Morgan fingerprint density at radius 3 is 2.89 bits per heavy atom. The van der Waals surface area contributed by atoms with Gasteiger partial charge < -0.3 is 14.8 Å².